The summed E-state index contributed by atoms with van der Waals surface area (Å²) in [6, 6.07) is 12.8. The third-order valence-electron chi connectivity index (χ3n) is 3.46. The fourth-order valence-electron chi connectivity index (χ4n) is 2.31. The Hall–Kier alpha value is -2.51. The standard InChI is InChI=1S/C16H12ClN3O3S/c17-9-4-3-7-13-14(9)18-16(24-13)20-19-15(21)12-8-22-10-5-1-2-6-11(10)23-12/h1-7,12H,8H2,(H,18,20)(H,19,21)/t12-/m0/s1. The third kappa shape index (κ3) is 2.83. The van der Waals surface area contributed by atoms with Crippen molar-refractivity contribution >= 4 is 44.2 Å². The van der Waals surface area contributed by atoms with Crippen LogP contribution in [0.4, 0.5) is 5.13 Å². The number of para-hydroxylation sites is 3. The van der Waals surface area contributed by atoms with Gasteiger partial charge < -0.3 is 9.47 Å². The van der Waals surface area contributed by atoms with Crippen LogP contribution < -0.4 is 20.3 Å². The number of thiazole rings is 1. The fourth-order valence-corrected chi connectivity index (χ4v) is 3.43. The van der Waals surface area contributed by atoms with E-state index in [-0.39, 0.29) is 12.5 Å². The minimum Gasteiger partial charge on any atom is -0.485 e. The molecule has 1 amide bonds. The summed E-state index contributed by atoms with van der Waals surface area (Å²) < 4.78 is 12.1. The van der Waals surface area contributed by atoms with Gasteiger partial charge in [-0.15, -0.1) is 0 Å². The molecular formula is C16H12ClN3O3S. The molecule has 24 heavy (non-hydrogen) atoms. The van der Waals surface area contributed by atoms with Gasteiger partial charge in [-0.2, -0.15) is 0 Å². The molecular weight excluding hydrogens is 350 g/mol. The number of ether oxygens (including phenoxy) is 2. The molecule has 3 aromatic rings. The first-order valence-electron chi connectivity index (χ1n) is 7.20. The lowest BCUT2D eigenvalue weighted by Gasteiger charge is -2.25. The third-order valence-corrected chi connectivity index (χ3v) is 4.70. The van der Waals surface area contributed by atoms with E-state index in [0.29, 0.717) is 27.2 Å². The van der Waals surface area contributed by atoms with Crippen LogP contribution in [-0.4, -0.2) is 23.6 Å². The minimum absolute atomic E-state index is 0.149. The van der Waals surface area contributed by atoms with Crippen LogP contribution in [0.25, 0.3) is 10.2 Å². The SMILES string of the molecule is O=C(NNc1nc2c(Cl)cccc2s1)[C@@H]1COc2ccccc2O1. The number of rotatable bonds is 3. The number of halogens is 1. The second-order valence-electron chi connectivity index (χ2n) is 5.08. The van der Waals surface area contributed by atoms with Crippen molar-refractivity contribution in [1.29, 1.82) is 0 Å². The number of amides is 1. The Morgan fingerprint density at radius 2 is 2.04 bits per heavy atom. The van der Waals surface area contributed by atoms with E-state index >= 15 is 0 Å². The van der Waals surface area contributed by atoms with E-state index in [2.05, 4.69) is 15.8 Å². The summed E-state index contributed by atoms with van der Waals surface area (Å²) in [5.74, 6) is 0.848. The van der Waals surface area contributed by atoms with Crippen molar-refractivity contribution in [3.8, 4) is 11.5 Å². The fraction of sp³-hybridized carbons (Fsp3) is 0.125. The lowest BCUT2D eigenvalue weighted by Crippen LogP contribution is -2.45. The van der Waals surface area contributed by atoms with E-state index in [0.717, 1.165) is 4.70 Å². The molecule has 6 nitrogen and oxygen atoms in total. The maximum Gasteiger partial charge on any atom is 0.283 e. The number of carbonyl (C=O) groups excluding carboxylic acids is 1. The molecule has 0 aliphatic carbocycles. The number of benzene rings is 2. The van der Waals surface area contributed by atoms with E-state index < -0.39 is 6.10 Å². The normalized spacial score (nSPS) is 16.0. The highest BCUT2D eigenvalue weighted by molar-refractivity contribution is 7.22. The number of aromatic nitrogens is 1. The Morgan fingerprint density at radius 3 is 2.88 bits per heavy atom. The number of anilines is 1. The highest BCUT2D eigenvalue weighted by Crippen LogP contribution is 2.31. The molecule has 122 valence electrons. The summed E-state index contributed by atoms with van der Waals surface area (Å²) in [7, 11) is 0. The molecule has 0 fully saturated rings. The molecule has 1 aromatic heterocycles. The number of hydrogen-bond donors (Lipinski definition) is 2. The van der Waals surface area contributed by atoms with Gasteiger partial charge in [0.05, 0.1) is 9.72 Å². The van der Waals surface area contributed by atoms with Gasteiger partial charge in [0.25, 0.3) is 5.91 Å². The number of nitrogens with zero attached hydrogens (tertiary/aromatic N) is 1. The van der Waals surface area contributed by atoms with Crippen molar-refractivity contribution < 1.29 is 14.3 Å². The van der Waals surface area contributed by atoms with Crippen molar-refractivity contribution in [2.75, 3.05) is 12.0 Å². The number of nitrogens with one attached hydrogen (secondary N) is 2. The first kappa shape index (κ1) is 15.0. The smallest absolute Gasteiger partial charge is 0.283 e. The Bertz CT molecular complexity index is 914. The van der Waals surface area contributed by atoms with Crippen molar-refractivity contribution in [2.45, 2.75) is 6.10 Å². The van der Waals surface area contributed by atoms with Gasteiger partial charge in [0.15, 0.2) is 11.5 Å². The average molecular weight is 362 g/mol. The zero-order valence-electron chi connectivity index (χ0n) is 12.3. The maximum absolute atomic E-state index is 12.2. The van der Waals surface area contributed by atoms with E-state index in [9.17, 15) is 4.79 Å². The van der Waals surface area contributed by atoms with Gasteiger partial charge in [-0.25, -0.2) is 4.98 Å². The quantitative estimate of drug-likeness (QED) is 0.701. The van der Waals surface area contributed by atoms with Crippen LogP contribution in [0.5, 0.6) is 11.5 Å². The molecule has 1 aliphatic rings. The summed E-state index contributed by atoms with van der Waals surface area (Å²) in [4.78, 5) is 16.6. The lowest BCUT2D eigenvalue weighted by atomic mass is 10.2. The zero-order chi connectivity index (χ0) is 16.5. The highest BCUT2D eigenvalue weighted by atomic mass is 35.5. The van der Waals surface area contributed by atoms with Crippen LogP contribution in [0.2, 0.25) is 5.02 Å². The van der Waals surface area contributed by atoms with Crippen molar-refractivity contribution in [3.05, 3.63) is 47.5 Å². The molecule has 0 spiro atoms. The first-order chi connectivity index (χ1) is 11.7. The summed E-state index contributed by atoms with van der Waals surface area (Å²) in [5.41, 5.74) is 6.09. The number of hydrogen-bond acceptors (Lipinski definition) is 6. The van der Waals surface area contributed by atoms with Crippen LogP contribution in [-0.2, 0) is 4.79 Å². The summed E-state index contributed by atoms with van der Waals surface area (Å²) in [5, 5.41) is 1.12. The molecule has 2 heterocycles. The van der Waals surface area contributed by atoms with Gasteiger partial charge >= 0.3 is 0 Å². The van der Waals surface area contributed by atoms with Gasteiger partial charge in [0.2, 0.25) is 11.2 Å². The minimum atomic E-state index is -0.731. The van der Waals surface area contributed by atoms with Gasteiger partial charge in [0, 0.05) is 0 Å². The van der Waals surface area contributed by atoms with E-state index in [1.165, 1.54) is 11.3 Å². The second-order valence-corrected chi connectivity index (χ2v) is 6.52. The van der Waals surface area contributed by atoms with Gasteiger partial charge in [-0.05, 0) is 24.3 Å². The van der Waals surface area contributed by atoms with Gasteiger partial charge in [-0.3, -0.25) is 15.6 Å². The number of hydrazine groups is 1. The zero-order valence-corrected chi connectivity index (χ0v) is 13.9. The molecule has 2 N–H and O–H groups in total. The Balaban J connectivity index is 1.42. The molecule has 8 heteroatoms. The van der Waals surface area contributed by atoms with E-state index in [1.807, 2.05) is 24.3 Å². The van der Waals surface area contributed by atoms with E-state index in [4.69, 9.17) is 21.1 Å². The summed E-state index contributed by atoms with van der Waals surface area (Å²) in [6.07, 6.45) is -0.731. The molecule has 0 unspecified atom stereocenters. The molecule has 0 bridgehead atoms. The Labute approximate surface area is 146 Å². The number of carbonyl (C=O) groups is 1. The van der Waals surface area contributed by atoms with Crippen LogP contribution in [0, 0.1) is 0 Å². The predicted octanol–water partition coefficient (Wildman–Crippen LogP) is 3.23. The number of fused-ring (bicyclic) bond motifs is 2. The monoisotopic (exact) mass is 361 g/mol. The molecule has 0 radical (unpaired) electrons. The Morgan fingerprint density at radius 1 is 1.21 bits per heavy atom. The van der Waals surface area contributed by atoms with Crippen LogP contribution in [0.3, 0.4) is 0 Å². The molecule has 0 saturated heterocycles. The van der Waals surface area contributed by atoms with Crippen LogP contribution >= 0.6 is 22.9 Å². The van der Waals surface area contributed by atoms with Gasteiger partial charge in [0.1, 0.15) is 12.1 Å². The van der Waals surface area contributed by atoms with Crippen molar-refractivity contribution in [3.63, 3.8) is 0 Å². The molecule has 2 aromatic carbocycles. The van der Waals surface area contributed by atoms with Gasteiger partial charge in [-0.1, -0.05) is 41.1 Å². The highest BCUT2D eigenvalue weighted by Gasteiger charge is 2.27. The largest absolute Gasteiger partial charge is 0.485 e. The lowest BCUT2D eigenvalue weighted by molar-refractivity contribution is -0.129. The first-order valence-corrected chi connectivity index (χ1v) is 8.39. The molecule has 1 aliphatic heterocycles. The molecule has 1 atom stereocenters. The second kappa shape index (κ2) is 6.18. The molecule has 0 saturated carbocycles. The van der Waals surface area contributed by atoms with E-state index in [1.54, 1.807) is 18.2 Å². The van der Waals surface area contributed by atoms with Crippen LogP contribution in [0.15, 0.2) is 42.5 Å². The summed E-state index contributed by atoms with van der Waals surface area (Å²) in [6.45, 7) is 0.149. The average Bonchev–Trinajstić information content (AvgIpc) is 3.04. The Kier molecular flexibility index (Phi) is 3.87. The van der Waals surface area contributed by atoms with Crippen LogP contribution in [0.1, 0.15) is 0 Å². The topological polar surface area (TPSA) is 72.5 Å². The predicted molar refractivity (Wildman–Crippen MR) is 92.7 cm³/mol. The van der Waals surface area contributed by atoms with Crippen molar-refractivity contribution in [2.24, 2.45) is 0 Å². The van der Waals surface area contributed by atoms with Crippen molar-refractivity contribution in [1.82, 2.24) is 10.4 Å². The maximum atomic E-state index is 12.2. The molecule has 4 rings (SSSR count). The summed E-state index contributed by atoms with van der Waals surface area (Å²) >= 11 is 7.49.